The van der Waals surface area contributed by atoms with E-state index in [-0.39, 0.29) is 4.90 Å². The molecule has 0 amide bonds. The fourth-order valence-corrected chi connectivity index (χ4v) is 4.89. The van der Waals surface area contributed by atoms with E-state index in [0.717, 1.165) is 49.6 Å². The third kappa shape index (κ3) is 3.84. The number of benzene rings is 2. The van der Waals surface area contributed by atoms with Crippen LogP contribution in [0, 0.1) is 12.7 Å². The predicted octanol–water partition coefficient (Wildman–Crippen LogP) is 3.27. The summed E-state index contributed by atoms with van der Waals surface area (Å²) in [5, 5.41) is 3.32. The fraction of sp³-hybridized carbons (Fsp3) is 0.300. The molecule has 0 radical (unpaired) electrons. The number of sulfonamides is 1. The highest BCUT2D eigenvalue weighted by Gasteiger charge is 2.28. The molecule has 2 aromatic carbocycles. The molecule has 0 aromatic heterocycles. The lowest BCUT2D eigenvalue weighted by atomic mass is 10.1. The number of halogens is 1. The molecule has 27 heavy (non-hydrogen) atoms. The zero-order chi connectivity index (χ0) is 19.6. The maximum Gasteiger partial charge on any atom is 0.268 e. The number of nitrogens with one attached hydrogen (secondary N) is 1. The number of rotatable bonds is 5. The first-order valence-corrected chi connectivity index (χ1v) is 10.3. The lowest BCUT2D eigenvalue weighted by molar-refractivity contribution is 0.588. The minimum Gasteiger partial charge on any atom is -0.369 e. The molecule has 0 bridgehead atoms. The van der Waals surface area contributed by atoms with Crippen LogP contribution in [0.2, 0.25) is 0 Å². The normalized spacial score (nSPS) is 14.9. The van der Waals surface area contributed by atoms with Gasteiger partial charge >= 0.3 is 0 Å². The summed E-state index contributed by atoms with van der Waals surface area (Å²) >= 11 is 0. The van der Waals surface area contributed by atoms with Crippen molar-refractivity contribution in [3.05, 3.63) is 66.1 Å². The molecule has 0 atom stereocenters. The lowest BCUT2D eigenvalue weighted by Crippen LogP contribution is -2.44. The molecule has 1 N–H and O–H groups in total. The maximum atomic E-state index is 13.2. The molecule has 0 unspecified atom stereocenters. The molecular weight excluding hydrogens is 365 g/mol. The average molecular weight is 389 g/mol. The minimum atomic E-state index is -3.90. The Morgan fingerprint density at radius 1 is 1.15 bits per heavy atom. The highest BCUT2D eigenvalue weighted by atomic mass is 32.2. The molecule has 3 rings (SSSR count). The van der Waals surface area contributed by atoms with E-state index in [2.05, 4.69) is 16.8 Å². The molecule has 7 heteroatoms. The van der Waals surface area contributed by atoms with Crippen LogP contribution in [0.4, 0.5) is 15.8 Å². The van der Waals surface area contributed by atoms with Crippen LogP contribution < -0.4 is 14.5 Å². The zero-order valence-corrected chi connectivity index (χ0v) is 16.4. The predicted molar refractivity (Wildman–Crippen MR) is 107 cm³/mol. The monoisotopic (exact) mass is 389 g/mol. The van der Waals surface area contributed by atoms with E-state index >= 15 is 0 Å². The standard InChI is InChI=1S/C20H24FN3O2S/c1-15(2)24(27(25,26)18-9-7-17(21)8-10-18)20-6-4-5-19(16(20)3)23-13-11-22-12-14-23/h4-10,22H,1,11-14H2,2-3H3. The smallest absolute Gasteiger partial charge is 0.268 e. The summed E-state index contributed by atoms with van der Waals surface area (Å²) in [6, 6.07) is 10.5. The van der Waals surface area contributed by atoms with Gasteiger partial charge in [-0.05, 0) is 55.8 Å². The van der Waals surface area contributed by atoms with Crippen LogP contribution in [0.3, 0.4) is 0 Å². The van der Waals surface area contributed by atoms with Crippen molar-refractivity contribution in [2.45, 2.75) is 18.7 Å². The number of piperazine rings is 1. The molecule has 0 aliphatic carbocycles. The van der Waals surface area contributed by atoms with Gasteiger partial charge in [0.2, 0.25) is 0 Å². The first kappa shape index (κ1) is 19.4. The van der Waals surface area contributed by atoms with Gasteiger partial charge in [0, 0.05) is 37.6 Å². The molecule has 1 aliphatic rings. The Kier molecular flexibility index (Phi) is 5.53. The quantitative estimate of drug-likeness (QED) is 0.853. The van der Waals surface area contributed by atoms with Gasteiger partial charge in [-0.1, -0.05) is 12.6 Å². The largest absolute Gasteiger partial charge is 0.369 e. The van der Waals surface area contributed by atoms with Gasteiger partial charge in [-0.3, -0.25) is 0 Å². The van der Waals surface area contributed by atoms with Gasteiger partial charge in [-0.2, -0.15) is 0 Å². The molecular formula is C20H24FN3O2S. The van der Waals surface area contributed by atoms with E-state index in [0.29, 0.717) is 11.4 Å². The van der Waals surface area contributed by atoms with Crippen LogP contribution in [-0.4, -0.2) is 34.6 Å². The van der Waals surface area contributed by atoms with E-state index < -0.39 is 15.8 Å². The minimum absolute atomic E-state index is 0.0267. The number of allylic oxidation sites excluding steroid dienone is 1. The highest BCUT2D eigenvalue weighted by Crippen LogP contribution is 2.35. The summed E-state index contributed by atoms with van der Waals surface area (Å²) in [7, 11) is -3.90. The van der Waals surface area contributed by atoms with Crippen LogP contribution in [0.5, 0.6) is 0 Å². The lowest BCUT2D eigenvalue weighted by Gasteiger charge is -2.33. The van der Waals surface area contributed by atoms with E-state index in [1.54, 1.807) is 13.0 Å². The molecule has 0 spiro atoms. The van der Waals surface area contributed by atoms with Crippen molar-refractivity contribution in [1.82, 2.24) is 5.32 Å². The maximum absolute atomic E-state index is 13.2. The highest BCUT2D eigenvalue weighted by molar-refractivity contribution is 7.93. The van der Waals surface area contributed by atoms with E-state index in [4.69, 9.17) is 0 Å². The summed E-state index contributed by atoms with van der Waals surface area (Å²) in [6.45, 7) is 11.0. The molecule has 1 saturated heterocycles. The Balaban J connectivity index is 2.08. The van der Waals surface area contributed by atoms with Crippen molar-refractivity contribution in [3.8, 4) is 0 Å². The third-order valence-electron chi connectivity index (χ3n) is 4.65. The number of anilines is 2. The van der Waals surface area contributed by atoms with E-state index in [1.807, 2.05) is 19.1 Å². The molecule has 5 nitrogen and oxygen atoms in total. The number of nitrogens with zero attached hydrogens (tertiary/aromatic N) is 2. The average Bonchev–Trinajstić information content (AvgIpc) is 2.64. The Labute approximate surface area is 160 Å². The molecule has 144 valence electrons. The first-order valence-electron chi connectivity index (χ1n) is 8.84. The summed E-state index contributed by atoms with van der Waals surface area (Å²) < 4.78 is 41.0. The molecule has 1 heterocycles. The zero-order valence-electron chi connectivity index (χ0n) is 15.6. The van der Waals surface area contributed by atoms with Gasteiger partial charge in [0.15, 0.2) is 0 Å². The number of hydrogen-bond acceptors (Lipinski definition) is 4. The van der Waals surface area contributed by atoms with Crippen molar-refractivity contribution in [1.29, 1.82) is 0 Å². The SMILES string of the molecule is C=C(C)N(c1cccc(N2CCNCC2)c1C)S(=O)(=O)c1ccc(F)cc1. The van der Waals surface area contributed by atoms with E-state index in [1.165, 1.54) is 16.4 Å². The van der Waals surface area contributed by atoms with Crippen molar-refractivity contribution in [2.24, 2.45) is 0 Å². The molecule has 1 fully saturated rings. The van der Waals surface area contributed by atoms with E-state index in [9.17, 15) is 12.8 Å². The Hall–Kier alpha value is -2.38. The summed E-state index contributed by atoms with van der Waals surface area (Å²) in [5.74, 6) is -0.479. The van der Waals surface area contributed by atoms with Crippen molar-refractivity contribution in [3.63, 3.8) is 0 Å². The molecule has 0 saturated carbocycles. The molecule has 2 aromatic rings. The summed E-state index contributed by atoms with van der Waals surface area (Å²) in [5.41, 5.74) is 2.81. The van der Waals surface area contributed by atoms with Gasteiger partial charge in [-0.15, -0.1) is 0 Å². The van der Waals surface area contributed by atoms with Gasteiger partial charge in [0.25, 0.3) is 10.0 Å². The Morgan fingerprint density at radius 2 is 1.78 bits per heavy atom. The van der Waals surface area contributed by atoms with Crippen LogP contribution >= 0.6 is 0 Å². The van der Waals surface area contributed by atoms with Crippen LogP contribution in [0.15, 0.2) is 59.6 Å². The Morgan fingerprint density at radius 3 is 2.37 bits per heavy atom. The second kappa shape index (κ2) is 7.70. The number of hydrogen-bond donors (Lipinski definition) is 1. The fourth-order valence-electron chi connectivity index (χ4n) is 3.33. The summed E-state index contributed by atoms with van der Waals surface area (Å²) in [6.07, 6.45) is 0. The van der Waals surface area contributed by atoms with Crippen LogP contribution in [-0.2, 0) is 10.0 Å². The van der Waals surface area contributed by atoms with Gasteiger partial charge in [-0.25, -0.2) is 17.1 Å². The van der Waals surface area contributed by atoms with Crippen LogP contribution in [0.25, 0.3) is 0 Å². The van der Waals surface area contributed by atoms with Gasteiger partial charge in [0.05, 0.1) is 10.6 Å². The van der Waals surface area contributed by atoms with Crippen molar-refractivity contribution in [2.75, 3.05) is 35.4 Å². The topological polar surface area (TPSA) is 52.6 Å². The van der Waals surface area contributed by atoms with Crippen LogP contribution in [0.1, 0.15) is 12.5 Å². The third-order valence-corrected chi connectivity index (χ3v) is 6.51. The van der Waals surface area contributed by atoms with Crippen molar-refractivity contribution >= 4 is 21.4 Å². The van der Waals surface area contributed by atoms with Gasteiger partial charge in [0.1, 0.15) is 5.82 Å². The second-order valence-corrected chi connectivity index (χ2v) is 8.40. The molecule has 1 aliphatic heterocycles. The van der Waals surface area contributed by atoms with Crippen molar-refractivity contribution < 1.29 is 12.8 Å². The first-order chi connectivity index (χ1) is 12.8. The van der Waals surface area contributed by atoms with Gasteiger partial charge < -0.3 is 10.2 Å². The second-order valence-electron chi connectivity index (χ2n) is 6.62. The summed E-state index contributed by atoms with van der Waals surface area (Å²) in [4.78, 5) is 2.27. The Bertz CT molecular complexity index is 936.